The summed E-state index contributed by atoms with van der Waals surface area (Å²) in [7, 11) is 0. The van der Waals surface area contributed by atoms with Gasteiger partial charge >= 0.3 is 0 Å². The van der Waals surface area contributed by atoms with E-state index in [1.807, 2.05) is 23.1 Å². The Labute approximate surface area is 104 Å². The first-order valence-corrected chi connectivity index (χ1v) is 6.68. The van der Waals surface area contributed by atoms with Crippen molar-refractivity contribution in [1.82, 2.24) is 20.0 Å². The lowest BCUT2D eigenvalue weighted by atomic mass is 10.1. The molecule has 1 atom stereocenters. The van der Waals surface area contributed by atoms with Crippen LogP contribution in [0.5, 0.6) is 0 Å². The highest BCUT2D eigenvalue weighted by Gasteiger charge is 2.23. The Hall–Kier alpha value is -0.870. The van der Waals surface area contributed by atoms with Gasteiger partial charge in [0.1, 0.15) is 0 Å². The first-order chi connectivity index (χ1) is 8.25. The Kier molecular flexibility index (Phi) is 4.57. The van der Waals surface area contributed by atoms with Gasteiger partial charge in [-0.3, -0.25) is 4.68 Å². The zero-order valence-corrected chi connectivity index (χ0v) is 11.0. The van der Waals surface area contributed by atoms with Crippen LogP contribution in [0.15, 0.2) is 18.5 Å². The molecule has 4 nitrogen and oxygen atoms in total. The summed E-state index contributed by atoms with van der Waals surface area (Å²) in [5.74, 6) is 0.829. The standard InChI is InChI=1S/C13H24N4/c1-12(2)16-8-4-13(11-16)10-14-6-9-17-7-3-5-15-17/h3,5,7,12-14H,4,6,8-11H2,1-2H3. The van der Waals surface area contributed by atoms with Crippen LogP contribution in [0, 0.1) is 5.92 Å². The van der Waals surface area contributed by atoms with E-state index in [1.165, 1.54) is 19.5 Å². The van der Waals surface area contributed by atoms with Gasteiger partial charge in [0.15, 0.2) is 0 Å². The van der Waals surface area contributed by atoms with Gasteiger partial charge in [-0.15, -0.1) is 0 Å². The summed E-state index contributed by atoms with van der Waals surface area (Å²) in [6, 6.07) is 2.67. The Bertz CT molecular complexity index is 307. The molecule has 1 aromatic heterocycles. The Morgan fingerprint density at radius 3 is 3.00 bits per heavy atom. The van der Waals surface area contributed by atoms with Crippen LogP contribution in [0.25, 0.3) is 0 Å². The molecule has 1 N–H and O–H groups in total. The third-order valence-corrected chi connectivity index (χ3v) is 3.56. The zero-order valence-electron chi connectivity index (χ0n) is 11.0. The molecule has 0 aromatic carbocycles. The van der Waals surface area contributed by atoms with E-state index in [0.29, 0.717) is 6.04 Å². The van der Waals surface area contributed by atoms with Gasteiger partial charge in [0.25, 0.3) is 0 Å². The second-order valence-corrected chi connectivity index (χ2v) is 5.22. The summed E-state index contributed by atoms with van der Waals surface area (Å²) in [6.07, 6.45) is 5.18. The summed E-state index contributed by atoms with van der Waals surface area (Å²) in [6.45, 7) is 10.2. The van der Waals surface area contributed by atoms with Crippen molar-refractivity contribution in [1.29, 1.82) is 0 Å². The van der Waals surface area contributed by atoms with Gasteiger partial charge in [0, 0.05) is 31.5 Å². The first-order valence-electron chi connectivity index (χ1n) is 6.68. The average Bonchev–Trinajstić information content (AvgIpc) is 2.96. The van der Waals surface area contributed by atoms with Crippen molar-refractivity contribution < 1.29 is 0 Å². The smallest absolute Gasteiger partial charge is 0.0533 e. The third-order valence-electron chi connectivity index (χ3n) is 3.56. The van der Waals surface area contributed by atoms with Crippen molar-refractivity contribution in [2.24, 2.45) is 5.92 Å². The van der Waals surface area contributed by atoms with E-state index < -0.39 is 0 Å². The number of hydrogen-bond donors (Lipinski definition) is 1. The predicted octanol–water partition coefficient (Wildman–Crippen LogP) is 1.20. The molecule has 1 unspecified atom stereocenters. The fraction of sp³-hybridized carbons (Fsp3) is 0.769. The molecular weight excluding hydrogens is 212 g/mol. The summed E-state index contributed by atoms with van der Waals surface area (Å²) in [5.41, 5.74) is 0. The highest BCUT2D eigenvalue weighted by molar-refractivity contribution is 4.80. The lowest BCUT2D eigenvalue weighted by Crippen LogP contribution is -2.31. The topological polar surface area (TPSA) is 33.1 Å². The molecule has 1 fully saturated rings. The van der Waals surface area contributed by atoms with Crippen LogP contribution >= 0.6 is 0 Å². The molecule has 0 saturated carbocycles. The molecule has 1 aromatic rings. The van der Waals surface area contributed by atoms with E-state index in [2.05, 4.69) is 29.2 Å². The van der Waals surface area contributed by atoms with Crippen molar-refractivity contribution in [3.63, 3.8) is 0 Å². The van der Waals surface area contributed by atoms with Crippen LogP contribution in [-0.2, 0) is 6.54 Å². The maximum absolute atomic E-state index is 4.19. The molecule has 2 heterocycles. The van der Waals surface area contributed by atoms with Gasteiger partial charge in [0.05, 0.1) is 6.54 Å². The van der Waals surface area contributed by atoms with E-state index in [9.17, 15) is 0 Å². The number of aromatic nitrogens is 2. The minimum absolute atomic E-state index is 0.698. The molecule has 0 radical (unpaired) electrons. The van der Waals surface area contributed by atoms with Crippen LogP contribution in [0.2, 0.25) is 0 Å². The Balaban J connectivity index is 1.57. The fourth-order valence-electron chi connectivity index (χ4n) is 2.43. The predicted molar refractivity (Wildman–Crippen MR) is 69.9 cm³/mol. The monoisotopic (exact) mass is 236 g/mol. The molecule has 2 rings (SSSR count). The van der Waals surface area contributed by atoms with E-state index in [1.54, 1.807) is 0 Å². The molecule has 1 aliphatic heterocycles. The molecule has 1 saturated heterocycles. The lowest BCUT2D eigenvalue weighted by Gasteiger charge is -2.20. The fourth-order valence-corrected chi connectivity index (χ4v) is 2.43. The largest absolute Gasteiger partial charge is 0.315 e. The summed E-state index contributed by atoms with van der Waals surface area (Å²) in [4.78, 5) is 2.57. The minimum Gasteiger partial charge on any atom is -0.315 e. The second-order valence-electron chi connectivity index (χ2n) is 5.22. The van der Waals surface area contributed by atoms with Crippen LogP contribution < -0.4 is 5.32 Å². The summed E-state index contributed by atoms with van der Waals surface area (Å²) < 4.78 is 1.97. The maximum Gasteiger partial charge on any atom is 0.0533 e. The first kappa shape index (κ1) is 12.6. The van der Waals surface area contributed by atoms with Crippen LogP contribution in [-0.4, -0.2) is 46.9 Å². The van der Waals surface area contributed by atoms with Gasteiger partial charge in [-0.1, -0.05) is 0 Å². The SMILES string of the molecule is CC(C)N1CCC(CNCCn2cccn2)C1. The second kappa shape index (κ2) is 6.17. The van der Waals surface area contributed by atoms with E-state index >= 15 is 0 Å². The van der Waals surface area contributed by atoms with Crippen molar-refractivity contribution >= 4 is 0 Å². The number of nitrogens with zero attached hydrogens (tertiary/aromatic N) is 3. The number of likely N-dealkylation sites (tertiary alicyclic amines) is 1. The number of hydrogen-bond acceptors (Lipinski definition) is 3. The number of rotatable bonds is 6. The van der Waals surface area contributed by atoms with Gasteiger partial charge in [-0.05, 0) is 45.3 Å². The molecule has 96 valence electrons. The molecule has 0 spiro atoms. The molecule has 0 bridgehead atoms. The number of nitrogens with one attached hydrogen (secondary N) is 1. The quantitative estimate of drug-likeness (QED) is 0.754. The van der Waals surface area contributed by atoms with Crippen molar-refractivity contribution in [3.05, 3.63) is 18.5 Å². The van der Waals surface area contributed by atoms with E-state index in [4.69, 9.17) is 0 Å². The molecule has 4 heteroatoms. The van der Waals surface area contributed by atoms with Gasteiger partial charge in [-0.2, -0.15) is 5.10 Å². The molecule has 0 amide bonds. The molecule has 17 heavy (non-hydrogen) atoms. The molecular formula is C13H24N4. The molecule has 0 aliphatic carbocycles. The van der Waals surface area contributed by atoms with Crippen molar-refractivity contribution in [2.45, 2.75) is 32.9 Å². The lowest BCUT2D eigenvalue weighted by molar-refractivity contribution is 0.264. The van der Waals surface area contributed by atoms with Gasteiger partial charge in [0.2, 0.25) is 0 Å². The normalized spacial score (nSPS) is 21.5. The van der Waals surface area contributed by atoms with Crippen molar-refractivity contribution in [2.75, 3.05) is 26.2 Å². The maximum atomic E-state index is 4.19. The minimum atomic E-state index is 0.698. The molecule has 1 aliphatic rings. The Morgan fingerprint density at radius 1 is 1.47 bits per heavy atom. The zero-order chi connectivity index (χ0) is 12.1. The van der Waals surface area contributed by atoms with Gasteiger partial charge < -0.3 is 10.2 Å². The van der Waals surface area contributed by atoms with Crippen LogP contribution in [0.3, 0.4) is 0 Å². The van der Waals surface area contributed by atoms with Crippen molar-refractivity contribution in [3.8, 4) is 0 Å². The highest BCUT2D eigenvalue weighted by atomic mass is 15.3. The van der Waals surface area contributed by atoms with Gasteiger partial charge in [-0.25, -0.2) is 0 Å². The van der Waals surface area contributed by atoms with Crippen LogP contribution in [0.4, 0.5) is 0 Å². The summed E-state index contributed by atoms with van der Waals surface area (Å²) >= 11 is 0. The highest BCUT2D eigenvalue weighted by Crippen LogP contribution is 2.17. The summed E-state index contributed by atoms with van der Waals surface area (Å²) in [5, 5.41) is 7.73. The average molecular weight is 236 g/mol. The Morgan fingerprint density at radius 2 is 2.35 bits per heavy atom. The van der Waals surface area contributed by atoms with Crippen LogP contribution in [0.1, 0.15) is 20.3 Å². The third kappa shape index (κ3) is 3.82. The van der Waals surface area contributed by atoms with E-state index in [0.717, 1.165) is 25.6 Å². The van der Waals surface area contributed by atoms with E-state index in [-0.39, 0.29) is 0 Å².